The standard InChI is InChI=1S/C49H89NO7/c1-6-8-10-12-14-16-18-20-21-22-23-24-25-26-27-28-30-31-33-35-37-39-47(51)56-44-45(43-55-42-41-46(49(53)54)50(3,4)5)57-48(52)40-38-36-34-32-29-19-17-15-13-11-9-7-2/h8,10,14,16,20-21,45-46H,6-7,9,11-13,15,17-19,22-44H2,1-5H3/b10-8+,16-14+,21-20+. The molecule has 2 atom stereocenters. The van der Waals surface area contributed by atoms with E-state index >= 15 is 0 Å². The van der Waals surface area contributed by atoms with Crippen LogP contribution < -0.4 is 5.11 Å². The van der Waals surface area contributed by atoms with Gasteiger partial charge in [0, 0.05) is 19.3 Å². The van der Waals surface area contributed by atoms with E-state index in [0.717, 1.165) is 57.8 Å². The molecular weight excluding hydrogens is 715 g/mol. The second kappa shape index (κ2) is 40.3. The lowest BCUT2D eigenvalue weighted by Gasteiger charge is -2.34. The maximum absolute atomic E-state index is 12.7. The molecule has 0 N–H and O–H groups in total. The zero-order chi connectivity index (χ0) is 42.1. The number of nitrogens with zero attached hydrogens (tertiary/aromatic N) is 1. The molecule has 8 nitrogen and oxygen atoms in total. The van der Waals surface area contributed by atoms with Gasteiger partial charge in [0.2, 0.25) is 0 Å². The summed E-state index contributed by atoms with van der Waals surface area (Å²) in [5, 5.41) is 11.6. The first-order chi connectivity index (χ1) is 27.6. The number of ether oxygens (including phenoxy) is 3. The van der Waals surface area contributed by atoms with E-state index in [4.69, 9.17) is 14.2 Å². The van der Waals surface area contributed by atoms with Crippen LogP contribution >= 0.6 is 0 Å². The van der Waals surface area contributed by atoms with E-state index in [-0.39, 0.29) is 42.7 Å². The highest BCUT2D eigenvalue weighted by atomic mass is 16.6. The highest BCUT2D eigenvalue weighted by molar-refractivity contribution is 5.70. The highest BCUT2D eigenvalue weighted by Crippen LogP contribution is 2.15. The number of allylic oxidation sites excluding steroid dienone is 6. The van der Waals surface area contributed by atoms with Crippen molar-refractivity contribution in [1.82, 2.24) is 0 Å². The monoisotopic (exact) mass is 804 g/mol. The van der Waals surface area contributed by atoms with Crippen LogP contribution in [0.15, 0.2) is 36.5 Å². The van der Waals surface area contributed by atoms with Crippen LogP contribution in [-0.2, 0) is 28.6 Å². The van der Waals surface area contributed by atoms with Gasteiger partial charge in [-0.25, -0.2) is 0 Å². The Morgan fingerprint density at radius 1 is 0.544 bits per heavy atom. The molecule has 0 aliphatic rings. The van der Waals surface area contributed by atoms with Crippen LogP contribution in [0.5, 0.6) is 0 Å². The number of hydrogen-bond acceptors (Lipinski definition) is 7. The Morgan fingerprint density at radius 3 is 1.46 bits per heavy atom. The summed E-state index contributed by atoms with van der Waals surface area (Å²) < 4.78 is 17.2. The van der Waals surface area contributed by atoms with Gasteiger partial charge in [0.1, 0.15) is 12.6 Å². The minimum Gasteiger partial charge on any atom is -0.544 e. The summed E-state index contributed by atoms with van der Waals surface area (Å²) in [6, 6.07) is -0.723. The van der Waals surface area contributed by atoms with Gasteiger partial charge < -0.3 is 28.6 Å². The van der Waals surface area contributed by atoms with Crippen LogP contribution in [0.1, 0.15) is 206 Å². The zero-order valence-electron chi connectivity index (χ0n) is 37.8. The van der Waals surface area contributed by atoms with Crippen molar-refractivity contribution in [2.45, 2.75) is 219 Å². The van der Waals surface area contributed by atoms with Crippen molar-refractivity contribution < 1.29 is 38.2 Å². The third kappa shape index (κ3) is 38.8. The Labute approximate surface area is 351 Å². The summed E-state index contributed by atoms with van der Waals surface area (Å²) in [4.78, 5) is 36.9. The molecule has 0 aromatic carbocycles. The average molecular weight is 804 g/mol. The van der Waals surface area contributed by atoms with Crippen molar-refractivity contribution in [2.75, 3.05) is 41.0 Å². The number of esters is 2. The lowest BCUT2D eigenvalue weighted by atomic mass is 10.0. The third-order valence-corrected chi connectivity index (χ3v) is 10.5. The van der Waals surface area contributed by atoms with E-state index < -0.39 is 18.1 Å². The van der Waals surface area contributed by atoms with E-state index in [1.165, 1.54) is 116 Å². The van der Waals surface area contributed by atoms with Crippen LogP contribution in [0.3, 0.4) is 0 Å². The van der Waals surface area contributed by atoms with E-state index in [0.29, 0.717) is 12.8 Å². The fourth-order valence-electron chi connectivity index (χ4n) is 6.91. The van der Waals surface area contributed by atoms with E-state index in [2.05, 4.69) is 50.3 Å². The summed E-state index contributed by atoms with van der Waals surface area (Å²) in [7, 11) is 5.41. The lowest BCUT2D eigenvalue weighted by Crippen LogP contribution is -2.55. The van der Waals surface area contributed by atoms with E-state index in [9.17, 15) is 19.5 Å². The number of hydrogen-bond donors (Lipinski definition) is 0. The van der Waals surface area contributed by atoms with Crippen LogP contribution in [-0.4, -0.2) is 75.5 Å². The molecule has 8 heteroatoms. The Bertz CT molecular complexity index is 1030. The summed E-state index contributed by atoms with van der Waals surface area (Å²) in [6.45, 7) is 4.56. The molecule has 0 aromatic rings. The summed E-state index contributed by atoms with van der Waals surface area (Å²) in [5.74, 6) is -1.73. The number of aliphatic carboxylic acids is 1. The molecule has 0 amide bonds. The fourth-order valence-corrected chi connectivity index (χ4v) is 6.91. The van der Waals surface area contributed by atoms with Crippen molar-refractivity contribution in [1.29, 1.82) is 0 Å². The predicted molar refractivity (Wildman–Crippen MR) is 236 cm³/mol. The number of likely N-dealkylation sites (N-methyl/N-ethyl adjacent to an activating group) is 1. The molecule has 0 fully saturated rings. The molecule has 0 aliphatic carbocycles. The molecule has 0 saturated heterocycles. The molecule has 0 aliphatic heterocycles. The average Bonchev–Trinajstić information content (AvgIpc) is 3.17. The first-order valence-corrected chi connectivity index (χ1v) is 23.5. The summed E-state index contributed by atoms with van der Waals surface area (Å²) >= 11 is 0. The topological polar surface area (TPSA) is 102 Å². The van der Waals surface area contributed by atoms with E-state index in [1.807, 2.05) is 0 Å². The maximum Gasteiger partial charge on any atom is 0.306 e. The van der Waals surface area contributed by atoms with Crippen molar-refractivity contribution in [3.05, 3.63) is 36.5 Å². The molecular formula is C49H89NO7. The summed E-state index contributed by atoms with van der Waals surface area (Å²) in [5.41, 5.74) is 0. The van der Waals surface area contributed by atoms with Gasteiger partial charge in [-0.3, -0.25) is 9.59 Å². The molecule has 332 valence electrons. The van der Waals surface area contributed by atoms with Gasteiger partial charge in [-0.2, -0.15) is 0 Å². The molecule has 0 heterocycles. The SMILES string of the molecule is CC/C=C/C/C=C/C/C=C/CCCCCCCCCCCCCC(=O)OCC(COCCC(C(=O)[O-])[N+](C)(C)C)OC(=O)CCCCCCCCCCCCCC. The minimum absolute atomic E-state index is 0.0432. The minimum atomic E-state index is -1.12. The predicted octanol–water partition coefficient (Wildman–Crippen LogP) is 11.7. The second-order valence-corrected chi connectivity index (χ2v) is 17.0. The lowest BCUT2D eigenvalue weighted by molar-refractivity contribution is -0.889. The zero-order valence-corrected chi connectivity index (χ0v) is 37.8. The Kier molecular flexibility index (Phi) is 38.6. The highest BCUT2D eigenvalue weighted by Gasteiger charge is 2.25. The Balaban J connectivity index is 4.22. The Hall–Kier alpha value is -2.45. The molecule has 0 aromatic heterocycles. The molecule has 0 saturated carbocycles. The molecule has 0 bridgehead atoms. The van der Waals surface area contributed by atoms with Gasteiger partial charge in [0.15, 0.2) is 6.10 Å². The van der Waals surface area contributed by atoms with Gasteiger partial charge >= 0.3 is 11.9 Å². The first kappa shape index (κ1) is 54.6. The van der Waals surface area contributed by atoms with E-state index in [1.54, 1.807) is 21.1 Å². The smallest absolute Gasteiger partial charge is 0.306 e. The van der Waals surface area contributed by atoms with Crippen molar-refractivity contribution in [3.8, 4) is 0 Å². The van der Waals surface area contributed by atoms with Crippen LogP contribution in [0, 0.1) is 0 Å². The number of quaternary nitrogens is 1. The number of unbranched alkanes of at least 4 members (excludes halogenated alkanes) is 22. The molecule has 0 rings (SSSR count). The first-order valence-electron chi connectivity index (χ1n) is 23.5. The summed E-state index contributed by atoms with van der Waals surface area (Å²) in [6.07, 6.45) is 46.0. The van der Waals surface area contributed by atoms with Gasteiger partial charge in [0.25, 0.3) is 0 Å². The number of rotatable bonds is 42. The van der Waals surface area contributed by atoms with Crippen molar-refractivity contribution >= 4 is 17.9 Å². The van der Waals surface area contributed by atoms with Crippen molar-refractivity contribution in [2.24, 2.45) is 0 Å². The van der Waals surface area contributed by atoms with Gasteiger partial charge in [-0.05, 0) is 44.9 Å². The van der Waals surface area contributed by atoms with Gasteiger partial charge in [0.05, 0.1) is 40.3 Å². The van der Waals surface area contributed by atoms with Crippen LogP contribution in [0.2, 0.25) is 0 Å². The fraction of sp³-hybridized carbons (Fsp3) is 0.816. The second-order valence-electron chi connectivity index (χ2n) is 17.0. The Morgan fingerprint density at radius 2 is 0.982 bits per heavy atom. The molecule has 0 spiro atoms. The molecule has 57 heavy (non-hydrogen) atoms. The quantitative estimate of drug-likeness (QED) is 0.0262. The third-order valence-electron chi connectivity index (χ3n) is 10.5. The van der Waals surface area contributed by atoms with Crippen LogP contribution in [0.25, 0.3) is 0 Å². The molecule has 2 unspecified atom stereocenters. The number of carboxylic acids is 1. The van der Waals surface area contributed by atoms with Gasteiger partial charge in [-0.15, -0.1) is 0 Å². The number of carboxylic acid groups (broad SMARTS) is 1. The normalized spacial score (nSPS) is 13.2. The van der Waals surface area contributed by atoms with Crippen molar-refractivity contribution in [3.63, 3.8) is 0 Å². The maximum atomic E-state index is 12.7. The van der Waals surface area contributed by atoms with Crippen LogP contribution in [0.4, 0.5) is 0 Å². The number of carbonyl (C=O) groups is 3. The van der Waals surface area contributed by atoms with Gasteiger partial charge in [-0.1, -0.05) is 179 Å². The largest absolute Gasteiger partial charge is 0.544 e. The number of carbonyl (C=O) groups excluding carboxylic acids is 3. The molecule has 0 radical (unpaired) electrons.